The predicted octanol–water partition coefficient (Wildman–Crippen LogP) is 5.53. The number of aliphatic hydroxyl groups excluding tert-OH is 1. The summed E-state index contributed by atoms with van der Waals surface area (Å²) in [4.78, 5) is 0. The number of benzene rings is 2. The molecule has 0 heterocycles. The fraction of sp³-hybridized carbons (Fsp3) is 0.0909. The molecule has 1 aliphatic rings. The Balaban J connectivity index is 1.82. The quantitative estimate of drug-likeness (QED) is 0.735. The molecule has 2 heteroatoms. The van der Waals surface area contributed by atoms with E-state index >= 15 is 0 Å². The third-order valence-corrected chi connectivity index (χ3v) is 3.77. The molecule has 1 N–H and O–H groups in total. The molecule has 2 aromatic carbocycles. The first-order valence-corrected chi connectivity index (χ1v) is 7.96. The zero-order valence-corrected chi connectivity index (χ0v) is 13.6. The molecule has 0 radical (unpaired) electrons. The molecule has 0 atom stereocenters. The molecule has 0 bridgehead atoms. The molecule has 2 nitrogen and oxygen atoms in total. The molecule has 0 saturated carbocycles. The van der Waals surface area contributed by atoms with Crippen molar-refractivity contribution in [1.82, 2.24) is 0 Å². The topological polar surface area (TPSA) is 29.5 Å². The average molecular weight is 316 g/mol. The van der Waals surface area contributed by atoms with Crippen molar-refractivity contribution in [2.24, 2.45) is 0 Å². The minimum atomic E-state index is 0.194. The van der Waals surface area contributed by atoms with Crippen LogP contribution in [0, 0.1) is 6.92 Å². The lowest BCUT2D eigenvalue weighted by Gasteiger charge is -2.12. The molecule has 120 valence electrons. The molecule has 0 spiro atoms. The Hall–Kier alpha value is -3.00. The summed E-state index contributed by atoms with van der Waals surface area (Å²) in [5, 5.41) is 10.4. The number of ether oxygens (including phenoxy) is 1. The Morgan fingerprint density at radius 3 is 2.54 bits per heavy atom. The van der Waals surface area contributed by atoms with Gasteiger partial charge in [-0.25, -0.2) is 0 Å². The second-order valence-electron chi connectivity index (χ2n) is 5.71. The van der Waals surface area contributed by atoms with Crippen LogP contribution in [0.5, 0.6) is 5.75 Å². The highest BCUT2D eigenvalue weighted by atomic mass is 16.5. The summed E-state index contributed by atoms with van der Waals surface area (Å²) in [7, 11) is 0. The normalized spacial score (nSPS) is 13.4. The van der Waals surface area contributed by atoms with Crippen molar-refractivity contribution < 1.29 is 9.84 Å². The summed E-state index contributed by atoms with van der Waals surface area (Å²) >= 11 is 0. The van der Waals surface area contributed by atoms with E-state index in [2.05, 4.69) is 0 Å². The standard InChI is InChI=1S/C22H20O2/c1-17-11-13-20(21(23)14-12-18-7-5-6-8-18)22(15-17)24-16-19-9-3-2-4-10-19/h2-15,23H,16H2,1H3/b21-14-. The Kier molecular flexibility index (Phi) is 4.97. The van der Waals surface area contributed by atoms with Gasteiger partial charge in [-0.15, -0.1) is 0 Å². The predicted molar refractivity (Wildman–Crippen MR) is 98.9 cm³/mol. The average Bonchev–Trinajstić information content (AvgIpc) is 3.12. The zero-order valence-electron chi connectivity index (χ0n) is 13.6. The van der Waals surface area contributed by atoms with Crippen LogP contribution in [0.3, 0.4) is 0 Å². The minimum absolute atomic E-state index is 0.194. The van der Waals surface area contributed by atoms with Crippen molar-refractivity contribution in [1.29, 1.82) is 0 Å². The molecule has 0 aromatic heterocycles. The molecule has 0 amide bonds. The molecule has 0 fully saturated rings. The highest BCUT2D eigenvalue weighted by Crippen LogP contribution is 2.27. The van der Waals surface area contributed by atoms with Gasteiger partial charge in [-0.05, 0) is 41.8 Å². The highest BCUT2D eigenvalue weighted by molar-refractivity contribution is 5.67. The van der Waals surface area contributed by atoms with E-state index in [-0.39, 0.29) is 5.76 Å². The van der Waals surface area contributed by atoms with Crippen molar-refractivity contribution in [3.63, 3.8) is 0 Å². The van der Waals surface area contributed by atoms with Crippen LogP contribution in [-0.4, -0.2) is 5.11 Å². The van der Waals surface area contributed by atoms with E-state index in [0.29, 0.717) is 17.9 Å². The maximum Gasteiger partial charge on any atom is 0.131 e. The third kappa shape index (κ3) is 4.05. The second-order valence-corrected chi connectivity index (χ2v) is 5.71. The van der Waals surface area contributed by atoms with Gasteiger partial charge in [0.2, 0.25) is 0 Å². The molecule has 24 heavy (non-hydrogen) atoms. The van der Waals surface area contributed by atoms with Gasteiger partial charge in [0, 0.05) is 0 Å². The van der Waals surface area contributed by atoms with Crippen LogP contribution in [0.25, 0.3) is 5.76 Å². The molecule has 2 aromatic rings. The Labute approximate surface area is 142 Å². The van der Waals surface area contributed by atoms with Gasteiger partial charge in [0.1, 0.15) is 18.1 Å². The highest BCUT2D eigenvalue weighted by Gasteiger charge is 2.08. The van der Waals surface area contributed by atoms with Gasteiger partial charge in [-0.1, -0.05) is 66.8 Å². The van der Waals surface area contributed by atoms with Gasteiger partial charge >= 0.3 is 0 Å². The summed E-state index contributed by atoms with van der Waals surface area (Å²) in [6, 6.07) is 15.8. The largest absolute Gasteiger partial charge is 0.507 e. The molecule has 0 aliphatic heterocycles. The minimum Gasteiger partial charge on any atom is -0.507 e. The number of aryl methyl sites for hydroxylation is 1. The van der Waals surface area contributed by atoms with Crippen LogP contribution in [0.4, 0.5) is 0 Å². The van der Waals surface area contributed by atoms with Gasteiger partial charge in [-0.3, -0.25) is 0 Å². The van der Waals surface area contributed by atoms with Crippen molar-refractivity contribution in [2.75, 3.05) is 0 Å². The molecule has 3 rings (SSSR count). The fourth-order valence-electron chi connectivity index (χ4n) is 2.46. The molecule has 1 aliphatic carbocycles. The second kappa shape index (κ2) is 7.51. The maximum atomic E-state index is 10.4. The first-order chi connectivity index (χ1) is 11.7. The van der Waals surface area contributed by atoms with Gasteiger partial charge in [-0.2, -0.15) is 0 Å². The first-order valence-electron chi connectivity index (χ1n) is 7.96. The van der Waals surface area contributed by atoms with E-state index in [1.165, 1.54) is 0 Å². The summed E-state index contributed by atoms with van der Waals surface area (Å²) in [6.45, 7) is 2.48. The van der Waals surface area contributed by atoms with Gasteiger partial charge in [0.05, 0.1) is 5.56 Å². The van der Waals surface area contributed by atoms with Crippen molar-refractivity contribution >= 4 is 5.76 Å². The lowest BCUT2D eigenvalue weighted by Crippen LogP contribution is -1.99. The van der Waals surface area contributed by atoms with Crippen LogP contribution < -0.4 is 4.74 Å². The van der Waals surface area contributed by atoms with E-state index in [1.54, 1.807) is 6.08 Å². The zero-order chi connectivity index (χ0) is 16.8. The third-order valence-electron chi connectivity index (χ3n) is 3.77. The van der Waals surface area contributed by atoms with E-state index in [4.69, 9.17) is 4.74 Å². The summed E-state index contributed by atoms with van der Waals surface area (Å²) in [5.74, 6) is 0.878. The van der Waals surface area contributed by atoms with E-state index < -0.39 is 0 Å². The van der Waals surface area contributed by atoms with Gasteiger partial charge in [0.25, 0.3) is 0 Å². The molecule has 0 unspecified atom stereocenters. The van der Waals surface area contributed by atoms with Crippen LogP contribution in [0.1, 0.15) is 16.7 Å². The lowest BCUT2D eigenvalue weighted by molar-refractivity contribution is 0.303. The van der Waals surface area contributed by atoms with Crippen LogP contribution >= 0.6 is 0 Å². The molecular weight excluding hydrogens is 296 g/mol. The number of hydrogen-bond acceptors (Lipinski definition) is 2. The number of allylic oxidation sites excluding steroid dienone is 7. The van der Waals surface area contributed by atoms with E-state index in [1.807, 2.05) is 85.8 Å². The Bertz CT molecular complexity index is 810. The number of hydrogen-bond donors (Lipinski definition) is 1. The fourth-order valence-corrected chi connectivity index (χ4v) is 2.46. The Morgan fingerprint density at radius 2 is 1.79 bits per heavy atom. The molecular formula is C22H20O2. The van der Waals surface area contributed by atoms with Gasteiger partial charge in [0.15, 0.2) is 0 Å². The number of aliphatic hydroxyl groups is 1. The summed E-state index contributed by atoms with van der Waals surface area (Å²) in [5.41, 5.74) is 3.94. The van der Waals surface area contributed by atoms with Crippen molar-refractivity contribution in [3.8, 4) is 5.75 Å². The van der Waals surface area contributed by atoms with Crippen LogP contribution in [0.15, 0.2) is 90.6 Å². The Morgan fingerprint density at radius 1 is 1.04 bits per heavy atom. The van der Waals surface area contributed by atoms with E-state index in [9.17, 15) is 5.11 Å². The first kappa shape index (κ1) is 15.9. The lowest BCUT2D eigenvalue weighted by atomic mass is 10.1. The maximum absolute atomic E-state index is 10.4. The molecule has 0 saturated heterocycles. The SMILES string of the molecule is Cc1ccc(/C(O)=C/C=C2C=CC=C2)c(OCc2ccccc2)c1. The smallest absolute Gasteiger partial charge is 0.131 e. The van der Waals surface area contributed by atoms with Crippen LogP contribution in [0.2, 0.25) is 0 Å². The van der Waals surface area contributed by atoms with Crippen molar-refractivity contribution in [3.05, 3.63) is 107 Å². The monoisotopic (exact) mass is 316 g/mol. The van der Waals surface area contributed by atoms with Crippen LogP contribution in [-0.2, 0) is 6.61 Å². The van der Waals surface area contributed by atoms with Gasteiger partial charge < -0.3 is 9.84 Å². The van der Waals surface area contributed by atoms with E-state index in [0.717, 1.165) is 16.7 Å². The summed E-state index contributed by atoms with van der Waals surface area (Å²) < 4.78 is 5.95. The summed E-state index contributed by atoms with van der Waals surface area (Å²) in [6.07, 6.45) is 11.5. The van der Waals surface area contributed by atoms with Crippen molar-refractivity contribution in [2.45, 2.75) is 13.5 Å². The number of rotatable bonds is 5.